The van der Waals surface area contributed by atoms with E-state index >= 15 is 0 Å². The Labute approximate surface area is 112 Å². The lowest BCUT2D eigenvalue weighted by Crippen LogP contribution is -2.12. The Balaban J connectivity index is 2.16. The van der Waals surface area contributed by atoms with Crippen LogP contribution in [0.5, 0.6) is 0 Å². The predicted octanol–water partition coefficient (Wildman–Crippen LogP) is 3.09. The molecule has 17 heavy (non-hydrogen) atoms. The zero-order valence-electron chi connectivity index (χ0n) is 9.31. The van der Waals surface area contributed by atoms with Crippen LogP contribution in [0.2, 0.25) is 5.02 Å². The monoisotopic (exact) mass is 289 g/mol. The van der Waals surface area contributed by atoms with Gasteiger partial charge >= 0.3 is 4.34 Å². The van der Waals surface area contributed by atoms with Gasteiger partial charge in [-0.1, -0.05) is 29.0 Å². The van der Waals surface area contributed by atoms with Crippen molar-refractivity contribution in [1.29, 1.82) is 0 Å². The van der Waals surface area contributed by atoms with Gasteiger partial charge in [0.05, 0.1) is 16.3 Å². The summed E-state index contributed by atoms with van der Waals surface area (Å²) >= 11 is 6.35. The van der Waals surface area contributed by atoms with Crippen LogP contribution < -0.4 is 0 Å². The molecule has 0 saturated heterocycles. The Morgan fingerprint density at radius 2 is 2.35 bits per heavy atom. The number of benzene rings is 1. The first-order valence-electron chi connectivity index (χ1n) is 5.23. The first-order valence-corrected chi connectivity index (χ1v) is 7.75. The number of para-hydroxylation sites is 1. The minimum atomic E-state index is -1.10. The molecule has 2 aromatic rings. The summed E-state index contributed by atoms with van der Waals surface area (Å²) in [4.78, 5) is 4.32. The number of rotatable bonds is 5. The van der Waals surface area contributed by atoms with E-state index in [-0.39, 0.29) is 0 Å². The van der Waals surface area contributed by atoms with Crippen molar-refractivity contribution in [1.82, 2.24) is 4.98 Å². The maximum Gasteiger partial charge on any atom is 0.302 e. The molecule has 0 bridgehead atoms. The molecule has 1 aromatic carbocycles. The molecule has 0 aliphatic heterocycles. The second kappa shape index (κ2) is 6.02. The zero-order valence-corrected chi connectivity index (χ0v) is 11.7. The normalized spacial score (nSPS) is 13.1. The van der Waals surface area contributed by atoms with E-state index in [2.05, 4.69) is 4.98 Å². The van der Waals surface area contributed by atoms with Gasteiger partial charge in [0.25, 0.3) is 0 Å². The summed E-state index contributed by atoms with van der Waals surface area (Å²) in [7, 11) is 0. The lowest BCUT2D eigenvalue weighted by atomic mass is 10.3. The van der Waals surface area contributed by atoms with Crippen LogP contribution in [0.1, 0.15) is 6.92 Å². The van der Waals surface area contributed by atoms with Gasteiger partial charge < -0.3 is 9.29 Å². The summed E-state index contributed by atoms with van der Waals surface area (Å²) in [6.45, 7) is 3.05. The number of fused-ring (bicyclic) bond motifs is 1. The highest BCUT2D eigenvalue weighted by Gasteiger charge is 2.17. The summed E-state index contributed by atoms with van der Waals surface area (Å²) < 4.78 is 18.7. The molecule has 0 aliphatic carbocycles. The van der Waals surface area contributed by atoms with Crippen molar-refractivity contribution in [2.45, 2.75) is 11.3 Å². The molecular formula is C11H12ClNO2S2. The molecule has 1 heterocycles. The largest absolute Gasteiger partial charge is 0.609 e. The molecule has 6 heteroatoms. The van der Waals surface area contributed by atoms with E-state index in [0.29, 0.717) is 28.3 Å². The van der Waals surface area contributed by atoms with Crippen LogP contribution in [0.3, 0.4) is 0 Å². The summed E-state index contributed by atoms with van der Waals surface area (Å²) in [5, 5.41) is 0.604. The van der Waals surface area contributed by atoms with Gasteiger partial charge in [0, 0.05) is 17.8 Å². The molecule has 92 valence electrons. The molecule has 0 N–H and O–H groups in total. The van der Waals surface area contributed by atoms with Crippen molar-refractivity contribution >= 4 is 44.3 Å². The molecule has 0 amide bonds. The summed E-state index contributed by atoms with van der Waals surface area (Å²) in [6.07, 6.45) is 0. The highest BCUT2D eigenvalue weighted by atomic mass is 35.5. The SMILES string of the molecule is CCOCC[S+]([O-])c1nc2c(Cl)cccc2s1. The molecule has 1 aromatic heterocycles. The third-order valence-electron chi connectivity index (χ3n) is 2.16. The van der Waals surface area contributed by atoms with Gasteiger partial charge in [-0.25, -0.2) is 0 Å². The lowest BCUT2D eigenvalue weighted by Gasteiger charge is -2.05. The topological polar surface area (TPSA) is 45.2 Å². The van der Waals surface area contributed by atoms with Gasteiger partial charge in [0.1, 0.15) is 11.3 Å². The van der Waals surface area contributed by atoms with E-state index in [1.807, 2.05) is 19.1 Å². The summed E-state index contributed by atoms with van der Waals surface area (Å²) in [6, 6.07) is 5.59. The van der Waals surface area contributed by atoms with E-state index in [9.17, 15) is 4.55 Å². The molecule has 0 fully saturated rings. The molecule has 0 saturated carbocycles. The highest BCUT2D eigenvalue weighted by Crippen LogP contribution is 2.30. The fourth-order valence-electron chi connectivity index (χ4n) is 1.36. The Morgan fingerprint density at radius 3 is 3.06 bits per heavy atom. The number of hydrogen-bond donors (Lipinski definition) is 0. The molecular weight excluding hydrogens is 278 g/mol. The second-order valence-corrected chi connectivity index (χ2v) is 6.50. The van der Waals surface area contributed by atoms with Crippen LogP contribution >= 0.6 is 22.9 Å². The zero-order chi connectivity index (χ0) is 12.3. The molecule has 1 unspecified atom stereocenters. The van der Waals surface area contributed by atoms with Crippen LogP contribution in [0.15, 0.2) is 22.5 Å². The van der Waals surface area contributed by atoms with Crippen molar-refractivity contribution in [3.05, 3.63) is 23.2 Å². The Hall–Kier alpha value is -0.330. The number of nitrogens with zero attached hydrogens (tertiary/aromatic N) is 1. The fourth-order valence-corrected chi connectivity index (χ4v) is 3.88. The van der Waals surface area contributed by atoms with Gasteiger partial charge in [-0.3, -0.25) is 0 Å². The lowest BCUT2D eigenvalue weighted by molar-refractivity contribution is 0.163. The quantitative estimate of drug-likeness (QED) is 0.628. The Kier molecular flexibility index (Phi) is 4.64. The van der Waals surface area contributed by atoms with Gasteiger partial charge in [0.2, 0.25) is 0 Å². The first-order chi connectivity index (χ1) is 8.22. The molecule has 0 radical (unpaired) electrons. The van der Waals surface area contributed by atoms with Crippen molar-refractivity contribution in [3.63, 3.8) is 0 Å². The van der Waals surface area contributed by atoms with Crippen LogP contribution in [0.4, 0.5) is 0 Å². The Morgan fingerprint density at radius 1 is 1.53 bits per heavy atom. The predicted molar refractivity (Wildman–Crippen MR) is 72.4 cm³/mol. The molecule has 0 aliphatic rings. The van der Waals surface area contributed by atoms with E-state index in [4.69, 9.17) is 16.3 Å². The number of halogens is 1. The second-order valence-electron chi connectivity index (χ2n) is 3.31. The van der Waals surface area contributed by atoms with E-state index in [1.54, 1.807) is 6.07 Å². The maximum atomic E-state index is 11.9. The van der Waals surface area contributed by atoms with Crippen molar-refractivity contribution in [2.75, 3.05) is 19.0 Å². The first kappa shape index (κ1) is 13.1. The van der Waals surface area contributed by atoms with Crippen LogP contribution in [-0.2, 0) is 15.9 Å². The maximum absolute atomic E-state index is 11.9. The third-order valence-corrected chi connectivity index (χ3v) is 5.11. The number of aromatic nitrogens is 1. The molecule has 1 atom stereocenters. The van der Waals surface area contributed by atoms with Crippen LogP contribution in [-0.4, -0.2) is 28.5 Å². The number of hydrogen-bond acceptors (Lipinski definition) is 4. The Bertz CT molecular complexity index is 503. The van der Waals surface area contributed by atoms with E-state index in [0.717, 1.165) is 10.2 Å². The standard InChI is InChI=1S/C11H12ClNO2S2/c1-2-15-6-7-17(14)11-13-10-8(12)4-3-5-9(10)16-11/h3-5H,2,6-7H2,1H3. The van der Waals surface area contributed by atoms with Crippen LogP contribution in [0.25, 0.3) is 10.2 Å². The number of ether oxygens (including phenoxy) is 1. The minimum absolute atomic E-state index is 0.477. The highest BCUT2D eigenvalue weighted by molar-refractivity contribution is 7.93. The van der Waals surface area contributed by atoms with Gasteiger partial charge in [-0.2, -0.15) is 4.98 Å². The van der Waals surface area contributed by atoms with Gasteiger partial charge in [0.15, 0.2) is 0 Å². The summed E-state index contributed by atoms with van der Waals surface area (Å²) in [5.74, 6) is 0.477. The third kappa shape index (κ3) is 3.11. The average molecular weight is 290 g/mol. The minimum Gasteiger partial charge on any atom is -0.609 e. The molecule has 2 rings (SSSR count). The smallest absolute Gasteiger partial charge is 0.302 e. The molecule has 0 spiro atoms. The van der Waals surface area contributed by atoms with Crippen LogP contribution in [0, 0.1) is 0 Å². The van der Waals surface area contributed by atoms with E-state index in [1.165, 1.54) is 11.3 Å². The van der Waals surface area contributed by atoms with Gasteiger partial charge in [-0.15, -0.1) is 0 Å². The number of thiazole rings is 1. The van der Waals surface area contributed by atoms with E-state index < -0.39 is 11.2 Å². The van der Waals surface area contributed by atoms with Crippen molar-refractivity contribution in [3.8, 4) is 0 Å². The van der Waals surface area contributed by atoms with Crippen molar-refractivity contribution < 1.29 is 9.29 Å². The van der Waals surface area contributed by atoms with Crippen molar-refractivity contribution in [2.24, 2.45) is 0 Å². The average Bonchev–Trinajstić information content (AvgIpc) is 2.75. The van der Waals surface area contributed by atoms with Gasteiger partial charge in [-0.05, 0) is 19.1 Å². The molecule has 3 nitrogen and oxygen atoms in total. The fraction of sp³-hybridized carbons (Fsp3) is 0.364. The summed E-state index contributed by atoms with van der Waals surface area (Å²) in [5.41, 5.74) is 0.735.